The van der Waals surface area contributed by atoms with Gasteiger partial charge in [-0.1, -0.05) is 24.3 Å². The maximum Gasteiger partial charge on any atom is 0.341 e. The van der Waals surface area contributed by atoms with E-state index in [-0.39, 0.29) is 5.70 Å². The lowest BCUT2D eigenvalue weighted by Crippen LogP contribution is -2.30. The van der Waals surface area contributed by atoms with Crippen molar-refractivity contribution in [3.63, 3.8) is 0 Å². The molecule has 2 aromatic rings. The van der Waals surface area contributed by atoms with Crippen molar-refractivity contribution >= 4 is 52.3 Å². The first-order chi connectivity index (χ1) is 12.5. The van der Waals surface area contributed by atoms with E-state index in [2.05, 4.69) is 5.32 Å². The molecule has 3 amide bonds. The smallest absolute Gasteiger partial charge is 0.341 e. The fourth-order valence-electron chi connectivity index (χ4n) is 2.38. The molecule has 2 aromatic carbocycles. The number of para-hydroxylation sites is 1. The van der Waals surface area contributed by atoms with Crippen LogP contribution in [0.15, 0.2) is 54.2 Å². The number of urea groups is 1. The molecule has 26 heavy (non-hydrogen) atoms. The molecular weight excluding hydrogens is 451 g/mol. The molecule has 0 spiro atoms. The van der Waals surface area contributed by atoms with Gasteiger partial charge >= 0.3 is 12.0 Å². The summed E-state index contributed by atoms with van der Waals surface area (Å²) in [5.41, 5.74) is 1.33. The number of benzene rings is 2. The van der Waals surface area contributed by atoms with E-state index in [9.17, 15) is 14.4 Å². The van der Waals surface area contributed by atoms with Crippen molar-refractivity contribution in [2.45, 2.75) is 0 Å². The minimum absolute atomic E-state index is 0.161. The Bertz CT molecular complexity index is 911. The van der Waals surface area contributed by atoms with Gasteiger partial charge in [-0.2, -0.15) is 0 Å². The van der Waals surface area contributed by atoms with Crippen molar-refractivity contribution in [3.05, 3.63) is 63.4 Å². The number of carboxylic acids is 1. The van der Waals surface area contributed by atoms with Gasteiger partial charge in [-0.25, -0.2) is 14.5 Å². The zero-order valence-corrected chi connectivity index (χ0v) is 15.5. The summed E-state index contributed by atoms with van der Waals surface area (Å²) in [4.78, 5) is 36.3. The quantitative estimate of drug-likeness (QED) is 0.403. The highest BCUT2D eigenvalue weighted by Gasteiger charge is 2.34. The highest BCUT2D eigenvalue weighted by Crippen LogP contribution is 2.25. The van der Waals surface area contributed by atoms with Crippen molar-refractivity contribution in [1.82, 2.24) is 5.32 Å². The van der Waals surface area contributed by atoms with Crippen molar-refractivity contribution in [3.8, 4) is 5.75 Å². The molecule has 1 saturated heterocycles. The number of carboxylic acid groups (broad SMARTS) is 1. The molecule has 1 fully saturated rings. The van der Waals surface area contributed by atoms with E-state index in [0.717, 1.165) is 4.90 Å². The van der Waals surface area contributed by atoms with Crippen LogP contribution in [0.25, 0.3) is 6.08 Å². The van der Waals surface area contributed by atoms with Crippen molar-refractivity contribution in [2.75, 3.05) is 11.5 Å². The minimum atomic E-state index is -1.06. The number of ether oxygens (including phenoxy) is 1. The van der Waals surface area contributed by atoms with Gasteiger partial charge in [0.1, 0.15) is 11.4 Å². The summed E-state index contributed by atoms with van der Waals surface area (Å²) in [5, 5.41) is 11.2. The lowest BCUT2D eigenvalue weighted by molar-refractivity contribution is -0.139. The third-order valence-corrected chi connectivity index (χ3v) is 4.35. The Hall–Kier alpha value is -2.88. The van der Waals surface area contributed by atoms with Gasteiger partial charge in [0.05, 0.1) is 9.26 Å². The first-order valence-electron chi connectivity index (χ1n) is 7.52. The Morgan fingerprint density at radius 2 is 1.92 bits per heavy atom. The maximum absolute atomic E-state index is 12.5. The second-order valence-electron chi connectivity index (χ2n) is 5.34. The summed E-state index contributed by atoms with van der Waals surface area (Å²) < 4.78 is 5.85. The Balaban J connectivity index is 1.82. The molecule has 1 aliphatic heterocycles. The number of aliphatic carboxylic acids is 1. The fourth-order valence-corrected chi connectivity index (χ4v) is 3.07. The summed E-state index contributed by atoms with van der Waals surface area (Å²) in [5.74, 6) is -1.07. The van der Waals surface area contributed by atoms with E-state index in [1.165, 1.54) is 0 Å². The molecule has 0 unspecified atom stereocenters. The molecule has 0 aromatic heterocycles. The summed E-state index contributed by atoms with van der Waals surface area (Å²) in [6.45, 7) is -0.434. The predicted molar refractivity (Wildman–Crippen MR) is 103 cm³/mol. The van der Waals surface area contributed by atoms with Gasteiger partial charge in [0.25, 0.3) is 5.91 Å². The van der Waals surface area contributed by atoms with E-state index < -0.39 is 24.5 Å². The van der Waals surface area contributed by atoms with E-state index in [0.29, 0.717) is 20.6 Å². The standard InChI is InChI=1S/C18H13IN2O5/c19-13-8-11(6-7-15(13)26-10-16(22)23)9-14-17(24)21(18(25)20-14)12-4-2-1-3-5-12/h1-9H,10H2,(H,20,25)(H,22,23)/b14-9+. The Kier molecular flexibility index (Phi) is 5.21. The lowest BCUT2D eigenvalue weighted by Gasteiger charge is -2.10. The number of rotatable bonds is 5. The molecule has 0 radical (unpaired) electrons. The monoisotopic (exact) mass is 464 g/mol. The number of hydrogen-bond acceptors (Lipinski definition) is 4. The average molecular weight is 464 g/mol. The fraction of sp³-hybridized carbons (Fsp3) is 0.0556. The molecule has 2 N–H and O–H groups in total. The number of anilines is 1. The summed E-state index contributed by atoms with van der Waals surface area (Å²) in [6.07, 6.45) is 1.56. The van der Waals surface area contributed by atoms with Crippen LogP contribution in [0, 0.1) is 3.57 Å². The molecule has 132 valence electrons. The van der Waals surface area contributed by atoms with Crippen LogP contribution in [0.4, 0.5) is 10.5 Å². The van der Waals surface area contributed by atoms with Gasteiger partial charge in [-0.15, -0.1) is 0 Å². The number of halogens is 1. The lowest BCUT2D eigenvalue weighted by atomic mass is 10.2. The van der Waals surface area contributed by atoms with Crippen LogP contribution in [0.1, 0.15) is 5.56 Å². The molecule has 0 aliphatic carbocycles. The molecule has 0 saturated carbocycles. The van der Waals surface area contributed by atoms with Crippen LogP contribution in [-0.4, -0.2) is 29.6 Å². The van der Waals surface area contributed by atoms with Crippen molar-refractivity contribution in [2.24, 2.45) is 0 Å². The zero-order valence-electron chi connectivity index (χ0n) is 13.3. The van der Waals surface area contributed by atoms with E-state index in [1.54, 1.807) is 54.6 Å². The average Bonchev–Trinajstić information content (AvgIpc) is 2.88. The Morgan fingerprint density at radius 3 is 2.58 bits per heavy atom. The largest absolute Gasteiger partial charge is 0.481 e. The maximum atomic E-state index is 12.5. The van der Waals surface area contributed by atoms with Gasteiger partial charge in [0.15, 0.2) is 6.61 Å². The van der Waals surface area contributed by atoms with Crippen LogP contribution in [0.5, 0.6) is 5.75 Å². The van der Waals surface area contributed by atoms with Gasteiger partial charge in [0.2, 0.25) is 0 Å². The molecule has 7 nitrogen and oxygen atoms in total. The molecule has 0 atom stereocenters. The highest BCUT2D eigenvalue weighted by atomic mass is 127. The highest BCUT2D eigenvalue weighted by molar-refractivity contribution is 14.1. The van der Waals surface area contributed by atoms with Crippen molar-refractivity contribution < 1.29 is 24.2 Å². The molecule has 1 aliphatic rings. The van der Waals surface area contributed by atoms with Crippen LogP contribution < -0.4 is 15.0 Å². The normalized spacial score (nSPS) is 15.3. The SMILES string of the molecule is O=C(O)COc1ccc(/C=C2/NC(=O)N(c3ccccc3)C2=O)cc1I. The summed E-state index contributed by atoms with van der Waals surface area (Å²) >= 11 is 2.01. The number of hydrogen-bond donors (Lipinski definition) is 2. The summed E-state index contributed by atoms with van der Waals surface area (Å²) in [7, 11) is 0. The first-order valence-corrected chi connectivity index (χ1v) is 8.60. The van der Waals surface area contributed by atoms with Crippen LogP contribution in [0.2, 0.25) is 0 Å². The van der Waals surface area contributed by atoms with E-state index >= 15 is 0 Å². The van der Waals surface area contributed by atoms with Crippen LogP contribution in [-0.2, 0) is 9.59 Å². The zero-order chi connectivity index (χ0) is 18.7. The van der Waals surface area contributed by atoms with Gasteiger partial charge in [-0.3, -0.25) is 4.79 Å². The molecule has 0 bridgehead atoms. The third-order valence-electron chi connectivity index (χ3n) is 3.51. The Labute approximate surface area is 162 Å². The molecular formula is C18H13IN2O5. The Morgan fingerprint density at radius 1 is 1.19 bits per heavy atom. The number of imide groups is 1. The molecule has 3 rings (SSSR count). The summed E-state index contributed by atoms with van der Waals surface area (Å²) in [6, 6.07) is 13.2. The number of carbonyl (C=O) groups is 3. The molecule has 8 heteroatoms. The number of nitrogens with zero attached hydrogens (tertiary/aromatic N) is 1. The topological polar surface area (TPSA) is 95.9 Å². The second-order valence-corrected chi connectivity index (χ2v) is 6.50. The number of carbonyl (C=O) groups excluding carboxylic acids is 2. The predicted octanol–water partition coefficient (Wildman–Crippen LogP) is 2.85. The second kappa shape index (κ2) is 7.56. The van der Waals surface area contributed by atoms with E-state index in [1.807, 2.05) is 22.6 Å². The minimum Gasteiger partial charge on any atom is -0.481 e. The van der Waals surface area contributed by atoms with Gasteiger partial charge < -0.3 is 15.2 Å². The van der Waals surface area contributed by atoms with Gasteiger partial charge in [-0.05, 0) is 58.5 Å². The number of nitrogens with one attached hydrogen (secondary N) is 1. The molecule has 1 heterocycles. The number of amides is 3. The first kappa shape index (κ1) is 17.9. The third kappa shape index (κ3) is 3.85. The van der Waals surface area contributed by atoms with E-state index in [4.69, 9.17) is 9.84 Å². The van der Waals surface area contributed by atoms with Gasteiger partial charge in [0, 0.05) is 0 Å². The van der Waals surface area contributed by atoms with Crippen LogP contribution >= 0.6 is 22.6 Å². The van der Waals surface area contributed by atoms with Crippen LogP contribution in [0.3, 0.4) is 0 Å². The van der Waals surface area contributed by atoms with Crippen molar-refractivity contribution in [1.29, 1.82) is 0 Å².